The summed E-state index contributed by atoms with van der Waals surface area (Å²) in [5.41, 5.74) is 0. The highest BCUT2D eigenvalue weighted by atomic mass is 31.1. The number of hydrogen-bond donors (Lipinski definition) is 0. The molecule has 17 heavy (non-hydrogen) atoms. The zero-order valence-electron chi connectivity index (χ0n) is 12.0. The van der Waals surface area contributed by atoms with Crippen molar-refractivity contribution in [2.24, 2.45) is 17.8 Å². The van der Waals surface area contributed by atoms with Gasteiger partial charge in [-0.25, -0.2) is 0 Å². The fourth-order valence-electron chi connectivity index (χ4n) is 3.38. The highest BCUT2D eigenvalue weighted by Gasteiger charge is 2.25. The summed E-state index contributed by atoms with van der Waals surface area (Å²) >= 11 is 0. The molecule has 2 fully saturated rings. The first-order chi connectivity index (χ1) is 8.24. The van der Waals surface area contributed by atoms with Gasteiger partial charge in [-0.3, -0.25) is 0 Å². The lowest BCUT2D eigenvalue weighted by Gasteiger charge is -2.18. The normalized spacial score (nSPS) is 31.9. The Balaban J connectivity index is 1.72. The van der Waals surface area contributed by atoms with Gasteiger partial charge in [0.1, 0.15) is 0 Å². The average Bonchev–Trinajstić information content (AvgIpc) is 3.04. The fraction of sp³-hybridized carbons (Fsp3) is 1.00. The van der Waals surface area contributed by atoms with Crippen molar-refractivity contribution >= 4 is 7.92 Å². The van der Waals surface area contributed by atoms with Crippen LogP contribution in [0.5, 0.6) is 0 Å². The van der Waals surface area contributed by atoms with Crippen LogP contribution >= 0.6 is 7.92 Å². The molecular weight excluding hydrogens is 223 g/mol. The van der Waals surface area contributed by atoms with Crippen LogP contribution in [0.1, 0.15) is 65.2 Å². The summed E-state index contributed by atoms with van der Waals surface area (Å²) in [6, 6.07) is 0. The molecule has 0 nitrogen and oxygen atoms in total. The molecule has 2 unspecified atom stereocenters. The Morgan fingerprint density at radius 3 is 2.29 bits per heavy atom. The second-order valence-electron chi connectivity index (χ2n) is 6.88. The first-order valence-corrected chi connectivity index (χ1v) is 9.86. The van der Waals surface area contributed by atoms with E-state index in [2.05, 4.69) is 13.8 Å². The van der Waals surface area contributed by atoms with Crippen LogP contribution in [0.25, 0.3) is 0 Å². The molecule has 2 aliphatic rings. The van der Waals surface area contributed by atoms with Gasteiger partial charge in [0, 0.05) is 0 Å². The molecule has 0 N–H and O–H groups in total. The summed E-state index contributed by atoms with van der Waals surface area (Å²) in [5, 5.41) is 0. The van der Waals surface area contributed by atoms with Crippen molar-refractivity contribution in [3.8, 4) is 0 Å². The van der Waals surface area contributed by atoms with Crippen LogP contribution in [-0.4, -0.2) is 18.5 Å². The second kappa shape index (κ2) is 7.13. The summed E-state index contributed by atoms with van der Waals surface area (Å²) in [5.74, 6) is 3.15. The predicted octanol–water partition coefficient (Wildman–Crippen LogP) is 5.50. The van der Waals surface area contributed by atoms with Gasteiger partial charge in [-0.05, 0) is 68.3 Å². The molecule has 0 spiro atoms. The third-order valence-corrected chi connectivity index (χ3v) is 7.37. The molecule has 1 saturated heterocycles. The van der Waals surface area contributed by atoms with Crippen molar-refractivity contribution in [3.05, 3.63) is 0 Å². The Kier molecular flexibility index (Phi) is 5.81. The highest BCUT2D eigenvalue weighted by Crippen LogP contribution is 2.47. The van der Waals surface area contributed by atoms with Crippen molar-refractivity contribution in [1.82, 2.24) is 0 Å². The minimum absolute atomic E-state index is 0.451. The Labute approximate surface area is 110 Å². The van der Waals surface area contributed by atoms with Crippen molar-refractivity contribution in [3.63, 3.8) is 0 Å². The van der Waals surface area contributed by atoms with Gasteiger partial charge in [-0.15, -0.1) is 7.92 Å². The van der Waals surface area contributed by atoms with E-state index < -0.39 is 0 Å². The maximum absolute atomic E-state index is 2.40. The molecule has 0 aromatic rings. The molecule has 1 aliphatic heterocycles. The number of rotatable bonds is 4. The Bertz CT molecular complexity index is 194. The quantitative estimate of drug-likeness (QED) is 0.581. The van der Waals surface area contributed by atoms with Crippen molar-refractivity contribution in [2.75, 3.05) is 18.5 Å². The molecule has 0 radical (unpaired) electrons. The molecule has 2 rings (SSSR count). The molecule has 2 atom stereocenters. The van der Waals surface area contributed by atoms with Crippen molar-refractivity contribution in [1.29, 1.82) is 0 Å². The van der Waals surface area contributed by atoms with E-state index in [-0.39, 0.29) is 0 Å². The molecule has 0 aromatic heterocycles. The summed E-state index contributed by atoms with van der Waals surface area (Å²) < 4.78 is 0. The SMILES string of the molecule is CC(C)CC1CCCCP(CC2CC2)CCC1. The molecule has 0 aromatic carbocycles. The van der Waals surface area contributed by atoms with Gasteiger partial charge in [0.2, 0.25) is 0 Å². The van der Waals surface area contributed by atoms with Crippen LogP contribution in [-0.2, 0) is 0 Å². The van der Waals surface area contributed by atoms with Crippen LogP contribution in [0.2, 0.25) is 0 Å². The van der Waals surface area contributed by atoms with Gasteiger partial charge in [-0.1, -0.05) is 33.1 Å². The molecule has 1 saturated carbocycles. The van der Waals surface area contributed by atoms with E-state index in [1.54, 1.807) is 50.6 Å². The first kappa shape index (κ1) is 13.9. The van der Waals surface area contributed by atoms with Crippen LogP contribution in [0, 0.1) is 17.8 Å². The molecule has 0 amide bonds. The summed E-state index contributed by atoms with van der Waals surface area (Å²) in [6.07, 6.45) is 17.2. The van der Waals surface area contributed by atoms with Gasteiger partial charge in [0.05, 0.1) is 0 Å². The summed E-state index contributed by atoms with van der Waals surface area (Å²) in [4.78, 5) is 0. The lowest BCUT2D eigenvalue weighted by molar-refractivity contribution is 0.355. The van der Waals surface area contributed by atoms with Gasteiger partial charge < -0.3 is 0 Å². The summed E-state index contributed by atoms with van der Waals surface area (Å²) in [7, 11) is 0.451. The van der Waals surface area contributed by atoms with E-state index in [0.29, 0.717) is 7.92 Å². The van der Waals surface area contributed by atoms with Crippen LogP contribution in [0.15, 0.2) is 0 Å². The van der Waals surface area contributed by atoms with Crippen molar-refractivity contribution in [2.45, 2.75) is 65.2 Å². The molecule has 0 bridgehead atoms. The minimum atomic E-state index is 0.451. The molecule has 100 valence electrons. The zero-order chi connectivity index (χ0) is 12.1. The third kappa shape index (κ3) is 5.73. The lowest BCUT2D eigenvalue weighted by Crippen LogP contribution is -2.05. The van der Waals surface area contributed by atoms with Gasteiger partial charge >= 0.3 is 0 Å². The van der Waals surface area contributed by atoms with E-state index >= 15 is 0 Å². The average molecular weight is 254 g/mol. The fourth-order valence-corrected chi connectivity index (χ4v) is 6.36. The summed E-state index contributed by atoms with van der Waals surface area (Å²) in [6.45, 7) is 4.79. The smallest absolute Gasteiger partial charge is 0.0297 e. The maximum Gasteiger partial charge on any atom is -0.0297 e. The van der Waals surface area contributed by atoms with E-state index in [1.165, 1.54) is 25.2 Å². The Hall–Kier alpha value is 0.430. The maximum atomic E-state index is 2.40. The van der Waals surface area contributed by atoms with Crippen molar-refractivity contribution < 1.29 is 0 Å². The third-order valence-electron chi connectivity index (χ3n) is 4.44. The highest BCUT2D eigenvalue weighted by molar-refractivity contribution is 7.57. The van der Waals surface area contributed by atoms with Crippen LogP contribution < -0.4 is 0 Å². The topological polar surface area (TPSA) is 0 Å². The van der Waals surface area contributed by atoms with Gasteiger partial charge in [0.25, 0.3) is 0 Å². The van der Waals surface area contributed by atoms with Gasteiger partial charge in [0.15, 0.2) is 0 Å². The van der Waals surface area contributed by atoms with E-state index in [0.717, 1.165) is 11.8 Å². The number of hydrogen-bond acceptors (Lipinski definition) is 0. The van der Waals surface area contributed by atoms with Crippen LogP contribution in [0.4, 0.5) is 0 Å². The molecule has 1 heteroatoms. The van der Waals surface area contributed by atoms with E-state index in [1.807, 2.05) is 0 Å². The standard InChI is InChI=1S/C16H31P/c1-14(2)12-15-6-3-4-10-17(11-5-7-15)13-16-8-9-16/h14-16H,3-13H2,1-2H3. The Morgan fingerprint density at radius 2 is 1.59 bits per heavy atom. The molecule has 1 heterocycles. The van der Waals surface area contributed by atoms with Crippen LogP contribution in [0.3, 0.4) is 0 Å². The second-order valence-corrected chi connectivity index (χ2v) is 9.48. The monoisotopic (exact) mass is 254 g/mol. The van der Waals surface area contributed by atoms with E-state index in [9.17, 15) is 0 Å². The Morgan fingerprint density at radius 1 is 0.882 bits per heavy atom. The van der Waals surface area contributed by atoms with Gasteiger partial charge in [-0.2, -0.15) is 0 Å². The minimum Gasteiger partial charge on any atom is -0.106 e. The molecule has 1 aliphatic carbocycles. The first-order valence-electron chi connectivity index (χ1n) is 7.96. The lowest BCUT2D eigenvalue weighted by atomic mass is 9.89. The van der Waals surface area contributed by atoms with E-state index in [4.69, 9.17) is 0 Å². The molecular formula is C16H31P. The largest absolute Gasteiger partial charge is 0.106 e. The predicted molar refractivity (Wildman–Crippen MR) is 80.3 cm³/mol. The zero-order valence-corrected chi connectivity index (χ0v) is 12.9.